The standard InChI is InChI=1S/C24H30O3/c1-7-19(16-18(3)20-10-8-17(2)9-11-20)21-12-14-22(15-13-21)26-23(25)27-24(4,5)6/h8-16,18H,7H2,1-6H3/b19-16-. The third-order valence-corrected chi connectivity index (χ3v) is 4.25. The number of hydrogen-bond donors (Lipinski definition) is 0. The predicted molar refractivity (Wildman–Crippen MR) is 111 cm³/mol. The van der Waals surface area contributed by atoms with Gasteiger partial charge in [0.15, 0.2) is 0 Å². The van der Waals surface area contributed by atoms with E-state index in [9.17, 15) is 4.79 Å². The Morgan fingerprint density at radius 3 is 2.15 bits per heavy atom. The number of ether oxygens (including phenoxy) is 2. The lowest BCUT2D eigenvalue weighted by Crippen LogP contribution is -2.25. The molecule has 0 bridgehead atoms. The summed E-state index contributed by atoms with van der Waals surface area (Å²) in [5, 5.41) is 0. The number of carbonyl (C=O) groups excluding carboxylic acids is 1. The molecule has 0 fully saturated rings. The molecule has 0 N–H and O–H groups in total. The van der Waals surface area contributed by atoms with E-state index in [1.807, 2.05) is 32.9 Å². The van der Waals surface area contributed by atoms with Gasteiger partial charge in [-0.1, -0.05) is 61.9 Å². The quantitative estimate of drug-likeness (QED) is 0.426. The number of allylic oxidation sites excluding steroid dienone is 2. The molecule has 0 aliphatic rings. The molecule has 0 aliphatic carbocycles. The largest absolute Gasteiger partial charge is 0.514 e. The minimum Gasteiger partial charge on any atom is -0.428 e. The van der Waals surface area contributed by atoms with Crippen molar-refractivity contribution < 1.29 is 14.3 Å². The lowest BCUT2D eigenvalue weighted by Gasteiger charge is -2.18. The molecule has 1 atom stereocenters. The van der Waals surface area contributed by atoms with Gasteiger partial charge in [-0.25, -0.2) is 4.79 Å². The van der Waals surface area contributed by atoms with Crippen LogP contribution in [0.5, 0.6) is 5.75 Å². The zero-order valence-corrected chi connectivity index (χ0v) is 17.2. The molecular formula is C24H30O3. The molecule has 3 nitrogen and oxygen atoms in total. The maximum Gasteiger partial charge on any atom is 0.514 e. The van der Waals surface area contributed by atoms with Crippen LogP contribution in [-0.2, 0) is 4.74 Å². The van der Waals surface area contributed by atoms with Crippen LogP contribution < -0.4 is 4.74 Å². The van der Waals surface area contributed by atoms with Crippen LogP contribution in [0.4, 0.5) is 4.79 Å². The maximum atomic E-state index is 11.8. The normalized spacial score (nSPS) is 13.2. The predicted octanol–water partition coefficient (Wildman–Crippen LogP) is 6.91. The summed E-state index contributed by atoms with van der Waals surface area (Å²) < 4.78 is 10.4. The van der Waals surface area contributed by atoms with Gasteiger partial charge in [0.1, 0.15) is 11.4 Å². The number of hydrogen-bond acceptors (Lipinski definition) is 3. The van der Waals surface area contributed by atoms with Gasteiger partial charge in [-0.2, -0.15) is 0 Å². The molecule has 0 aliphatic heterocycles. The molecule has 27 heavy (non-hydrogen) atoms. The minimum atomic E-state index is -0.686. The first kappa shape index (κ1) is 20.8. The smallest absolute Gasteiger partial charge is 0.428 e. The molecule has 0 radical (unpaired) electrons. The van der Waals surface area contributed by atoms with Crippen molar-refractivity contribution in [3.8, 4) is 5.75 Å². The van der Waals surface area contributed by atoms with E-state index >= 15 is 0 Å². The van der Waals surface area contributed by atoms with Crippen molar-refractivity contribution in [2.24, 2.45) is 0 Å². The van der Waals surface area contributed by atoms with E-state index in [4.69, 9.17) is 9.47 Å². The highest BCUT2D eigenvalue weighted by atomic mass is 16.7. The fourth-order valence-electron chi connectivity index (χ4n) is 2.79. The second-order valence-electron chi connectivity index (χ2n) is 7.84. The Morgan fingerprint density at radius 1 is 1.04 bits per heavy atom. The highest BCUT2D eigenvalue weighted by molar-refractivity contribution is 5.68. The van der Waals surface area contributed by atoms with Crippen molar-refractivity contribution in [2.75, 3.05) is 0 Å². The van der Waals surface area contributed by atoms with Crippen LogP contribution in [0.25, 0.3) is 5.57 Å². The van der Waals surface area contributed by atoms with Gasteiger partial charge in [-0.15, -0.1) is 0 Å². The zero-order valence-electron chi connectivity index (χ0n) is 17.2. The van der Waals surface area contributed by atoms with Gasteiger partial charge in [-0.3, -0.25) is 0 Å². The summed E-state index contributed by atoms with van der Waals surface area (Å²) in [6.45, 7) is 11.9. The molecule has 0 saturated heterocycles. The molecule has 1 unspecified atom stereocenters. The van der Waals surface area contributed by atoms with Crippen molar-refractivity contribution in [3.05, 3.63) is 71.3 Å². The van der Waals surface area contributed by atoms with Crippen molar-refractivity contribution in [1.82, 2.24) is 0 Å². The molecule has 0 heterocycles. The van der Waals surface area contributed by atoms with E-state index in [1.165, 1.54) is 16.7 Å². The summed E-state index contributed by atoms with van der Waals surface area (Å²) in [5.41, 5.74) is 4.41. The van der Waals surface area contributed by atoms with Gasteiger partial charge in [0, 0.05) is 0 Å². The molecule has 2 aromatic carbocycles. The van der Waals surface area contributed by atoms with E-state index in [1.54, 1.807) is 12.1 Å². The topological polar surface area (TPSA) is 35.5 Å². The van der Waals surface area contributed by atoms with Gasteiger partial charge >= 0.3 is 6.16 Å². The first-order chi connectivity index (χ1) is 12.7. The Morgan fingerprint density at radius 2 is 1.63 bits per heavy atom. The molecule has 0 spiro atoms. The van der Waals surface area contributed by atoms with E-state index in [0.29, 0.717) is 11.7 Å². The van der Waals surface area contributed by atoms with Crippen LogP contribution >= 0.6 is 0 Å². The Kier molecular flexibility index (Phi) is 6.84. The third-order valence-electron chi connectivity index (χ3n) is 4.25. The van der Waals surface area contributed by atoms with E-state index in [-0.39, 0.29) is 0 Å². The highest BCUT2D eigenvalue weighted by Crippen LogP contribution is 2.27. The van der Waals surface area contributed by atoms with Crippen LogP contribution in [0.3, 0.4) is 0 Å². The minimum absolute atomic E-state index is 0.332. The monoisotopic (exact) mass is 366 g/mol. The van der Waals surface area contributed by atoms with Gasteiger partial charge in [0.2, 0.25) is 0 Å². The zero-order chi connectivity index (χ0) is 20.0. The Balaban J connectivity index is 2.11. The summed E-state index contributed by atoms with van der Waals surface area (Å²) in [5.74, 6) is 0.813. The Hall–Kier alpha value is -2.55. The molecule has 2 rings (SSSR count). The second-order valence-corrected chi connectivity index (χ2v) is 7.84. The maximum absolute atomic E-state index is 11.8. The lowest BCUT2D eigenvalue weighted by atomic mass is 9.94. The molecule has 3 heteroatoms. The van der Waals surface area contributed by atoms with E-state index in [2.05, 4.69) is 51.1 Å². The lowest BCUT2D eigenvalue weighted by molar-refractivity contribution is 0.0206. The molecule has 0 amide bonds. The Bertz CT molecular complexity index is 778. The first-order valence-corrected chi connectivity index (χ1v) is 9.46. The van der Waals surface area contributed by atoms with Crippen molar-refractivity contribution >= 4 is 11.7 Å². The summed E-state index contributed by atoms with van der Waals surface area (Å²) in [6.07, 6.45) is 2.55. The van der Waals surface area contributed by atoms with Crippen molar-refractivity contribution in [1.29, 1.82) is 0 Å². The third kappa shape index (κ3) is 6.59. The van der Waals surface area contributed by atoms with Gasteiger partial charge < -0.3 is 9.47 Å². The van der Waals surface area contributed by atoms with Crippen molar-refractivity contribution in [3.63, 3.8) is 0 Å². The fourth-order valence-corrected chi connectivity index (χ4v) is 2.79. The van der Waals surface area contributed by atoms with Crippen LogP contribution in [0.1, 0.15) is 63.6 Å². The Labute approximate surface area is 163 Å². The molecule has 0 saturated carbocycles. The summed E-state index contributed by atoms with van der Waals surface area (Å²) in [4.78, 5) is 11.8. The SMILES string of the molecule is CC/C(=C/C(C)c1ccc(C)cc1)c1ccc(OC(=O)OC(C)(C)C)cc1. The average molecular weight is 367 g/mol. The number of rotatable bonds is 5. The van der Waals surface area contributed by atoms with Crippen LogP contribution in [0.2, 0.25) is 0 Å². The first-order valence-electron chi connectivity index (χ1n) is 9.46. The van der Waals surface area contributed by atoms with Crippen LogP contribution in [0, 0.1) is 6.92 Å². The van der Waals surface area contributed by atoms with E-state index in [0.717, 1.165) is 12.0 Å². The number of carbonyl (C=O) groups is 1. The van der Waals surface area contributed by atoms with Crippen LogP contribution in [0.15, 0.2) is 54.6 Å². The summed E-state index contributed by atoms with van der Waals surface area (Å²) in [7, 11) is 0. The van der Waals surface area contributed by atoms with Crippen molar-refractivity contribution in [2.45, 2.75) is 59.5 Å². The average Bonchev–Trinajstić information content (AvgIpc) is 2.59. The number of aryl methyl sites for hydroxylation is 1. The summed E-state index contributed by atoms with van der Waals surface area (Å²) in [6, 6.07) is 16.2. The fraction of sp³-hybridized carbons (Fsp3) is 0.375. The molecule has 2 aromatic rings. The highest BCUT2D eigenvalue weighted by Gasteiger charge is 2.18. The van der Waals surface area contributed by atoms with Gasteiger partial charge in [-0.05, 0) is 68.9 Å². The van der Waals surface area contributed by atoms with Crippen LogP contribution in [-0.4, -0.2) is 11.8 Å². The summed E-state index contributed by atoms with van der Waals surface area (Å²) >= 11 is 0. The van der Waals surface area contributed by atoms with Gasteiger partial charge in [0.05, 0.1) is 0 Å². The molecule has 144 valence electrons. The van der Waals surface area contributed by atoms with Gasteiger partial charge in [0.25, 0.3) is 0 Å². The van der Waals surface area contributed by atoms with E-state index < -0.39 is 11.8 Å². The molecular weight excluding hydrogens is 336 g/mol. The second kappa shape index (κ2) is 8.90. The molecule has 0 aromatic heterocycles. The number of benzene rings is 2.